The third-order valence-electron chi connectivity index (χ3n) is 5.01. The summed E-state index contributed by atoms with van der Waals surface area (Å²) in [4.78, 5) is 12.6. The van der Waals surface area contributed by atoms with Crippen LogP contribution in [0.4, 0.5) is 4.79 Å². The second-order valence-electron chi connectivity index (χ2n) is 6.99. The third kappa shape index (κ3) is 2.90. The van der Waals surface area contributed by atoms with E-state index in [1.54, 1.807) is 4.57 Å². The van der Waals surface area contributed by atoms with Crippen molar-refractivity contribution in [1.29, 1.82) is 0 Å². The first-order chi connectivity index (χ1) is 10.6. The highest BCUT2D eigenvalue weighted by atomic mass is 16.6. The lowest BCUT2D eigenvalue weighted by Gasteiger charge is -2.36. The molecule has 3 unspecified atom stereocenters. The predicted octanol–water partition coefficient (Wildman–Crippen LogP) is 5.09. The largest absolute Gasteiger partial charge is 0.445 e. The molecule has 0 spiro atoms. The number of nitrogens with zero attached hydrogens (tertiary/aromatic N) is 1. The maximum atomic E-state index is 12.6. The number of hydrogen-bond acceptors (Lipinski definition) is 2. The lowest BCUT2D eigenvalue weighted by Crippen LogP contribution is -2.36. The van der Waals surface area contributed by atoms with E-state index in [9.17, 15) is 4.79 Å². The summed E-state index contributed by atoms with van der Waals surface area (Å²) in [5.41, 5.74) is 0.914. The van der Waals surface area contributed by atoms with Crippen LogP contribution in [0.1, 0.15) is 40.0 Å². The van der Waals surface area contributed by atoms with Crippen LogP contribution in [-0.4, -0.2) is 16.8 Å². The standard InChI is InChI=1S/C19H25NO2/c1-13(2)16-9-8-14(3)12-18(16)22-19(21)20-11-10-15-6-4-5-7-17(15)20/h4-7,10-11,13-14,16,18H,8-9,12H2,1-3H3. The van der Waals surface area contributed by atoms with Crippen molar-refractivity contribution in [2.24, 2.45) is 17.8 Å². The van der Waals surface area contributed by atoms with Gasteiger partial charge in [-0.25, -0.2) is 4.79 Å². The normalized spacial score (nSPS) is 25.5. The van der Waals surface area contributed by atoms with Gasteiger partial charge >= 0.3 is 6.09 Å². The molecule has 3 heteroatoms. The van der Waals surface area contributed by atoms with Crippen molar-refractivity contribution >= 4 is 17.0 Å². The molecular weight excluding hydrogens is 274 g/mol. The molecule has 2 aromatic rings. The van der Waals surface area contributed by atoms with Crippen LogP contribution in [0.2, 0.25) is 0 Å². The molecular formula is C19H25NO2. The Bertz CT molecular complexity index is 658. The quantitative estimate of drug-likeness (QED) is 0.773. The lowest BCUT2D eigenvalue weighted by molar-refractivity contribution is 0.00719. The summed E-state index contributed by atoms with van der Waals surface area (Å²) in [5, 5.41) is 1.07. The Morgan fingerprint density at radius 2 is 2.00 bits per heavy atom. The van der Waals surface area contributed by atoms with E-state index < -0.39 is 0 Å². The monoisotopic (exact) mass is 299 g/mol. The van der Waals surface area contributed by atoms with E-state index in [-0.39, 0.29) is 12.2 Å². The van der Waals surface area contributed by atoms with Crippen LogP contribution >= 0.6 is 0 Å². The fourth-order valence-corrected chi connectivity index (χ4v) is 3.68. The van der Waals surface area contributed by atoms with Crippen molar-refractivity contribution in [2.75, 3.05) is 0 Å². The molecule has 1 saturated carbocycles. The van der Waals surface area contributed by atoms with Gasteiger partial charge < -0.3 is 4.74 Å². The Kier molecular flexibility index (Phi) is 4.23. The Morgan fingerprint density at radius 1 is 1.23 bits per heavy atom. The summed E-state index contributed by atoms with van der Waals surface area (Å²) < 4.78 is 7.54. The minimum absolute atomic E-state index is 0.0393. The van der Waals surface area contributed by atoms with Gasteiger partial charge in [-0.3, -0.25) is 4.57 Å². The van der Waals surface area contributed by atoms with Crippen molar-refractivity contribution in [3.8, 4) is 0 Å². The van der Waals surface area contributed by atoms with E-state index >= 15 is 0 Å². The number of carbonyl (C=O) groups excluding carboxylic acids is 1. The Morgan fingerprint density at radius 3 is 2.77 bits per heavy atom. The molecule has 3 nitrogen and oxygen atoms in total. The highest BCUT2D eigenvalue weighted by Crippen LogP contribution is 2.35. The molecule has 1 fully saturated rings. The molecule has 3 rings (SSSR count). The fourth-order valence-electron chi connectivity index (χ4n) is 3.68. The van der Waals surface area contributed by atoms with Gasteiger partial charge in [0.15, 0.2) is 0 Å². The van der Waals surface area contributed by atoms with Crippen LogP contribution in [0, 0.1) is 17.8 Å². The summed E-state index contributed by atoms with van der Waals surface area (Å²) in [6.45, 7) is 6.71. The van der Waals surface area contributed by atoms with Crippen molar-refractivity contribution in [3.05, 3.63) is 36.5 Å². The van der Waals surface area contributed by atoms with E-state index in [0.717, 1.165) is 23.7 Å². The molecule has 0 N–H and O–H groups in total. The molecule has 1 aliphatic rings. The van der Waals surface area contributed by atoms with Gasteiger partial charge in [0.2, 0.25) is 0 Å². The first kappa shape index (κ1) is 15.1. The number of rotatable bonds is 2. The highest BCUT2D eigenvalue weighted by Gasteiger charge is 2.33. The van der Waals surface area contributed by atoms with Gasteiger partial charge in [-0.15, -0.1) is 0 Å². The van der Waals surface area contributed by atoms with Crippen LogP contribution in [0.25, 0.3) is 10.9 Å². The number of fused-ring (bicyclic) bond motifs is 1. The van der Waals surface area contributed by atoms with E-state index in [1.165, 1.54) is 6.42 Å². The first-order valence-electron chi connectivity index (χ1n) is 8.33. The lowest BCUT2D eigenvalue weighted by atomic mass is 9.75. The maximum absolute atomic E-state index is 12.6. The average Bonchev–Trinajstić information content (AvgIpc) is 2.91. The Labute approximate surface area is 132 Å². The van der Waals surface area contributed by atoms with Crippen LogP contribution in [0.15, 0.2) is 36.5 Å². The minimum atomic E-state index is -0.244. The Hall–Kier alpha value is -1.77. The smallest absolute Gasteiger partial charge is 0.418 e. The number of hydrogen-bond donors (Lipinski definition) is 0. The van der Waals surface area contributed by atoms with E-state index in [2.05, 4.69) is 20.8 Å². The van der Waals surface area contributed by atoms with E-state index in [1.807, 2.05) is 36.5 Å². The van der Waals surface area contributed by atoms with Gasteiger partial charge in [0, 0.05) is 11.6 Å². The van der Waals surface area contributed by atoms with Crippen molar-refractivity contribution in [1.82, 2.24) is 4.57 Å². The highest BCUT2D eigenvalue weighted by molar-refractivity contribution is 5.89. The van der Waals surface area contributed by atoms with Gasteiger partial charge in [0.1, 0.15) is 6.10 Å². The van der Waals surface area contributed by atoms with Crippen molar-refractivity contribution < 1.29 is 9.53 Å². The summed E-state index contributed by atoms with van der Waals surface area (Å²) in [5.74, 6) is 1.66. The molecule has 118 valence electrons. The number of para-hydroxylation sites is 1. The SMILES string of the molecule is CC1CCC(C(C)C)C(OC(=O)n2ccc3ccccc32)C1. The van der Waals surface area contributed by atoms with E-state index in [4.69, 9.17) is 4.74 Å². The molecule has 1 aromatic heterocycles. The van der Waals surface area contributed by atoms with Crippen LogP contribution < -0.4 is 0 Å². The molecule has 0 bridgehead atoms. The molecule has 3 atom stereocenters. The van der Waals surface area contributed by atoms with Crippen LogP contribution in [-0.2, 0) is 4.74 Å². The molecule has 1 aromatic carbocycles. The first-order valence-corrected chi connectivity index (χ1v) is 8.33. The minimum Gasteiger partial charge on any atom is -0.445 e. The molecule has 0 aliphatic heterocycles. The second-order valence-corrected chi connectivity index (χ2v) is 6.99. The zero-order chi connectivity index (χ0) is 15.7. The summed E-state index contributed by atoms with van der Waals surface area (Å²) in [6, 6.07) is 9.86. The molecule has 1 aliphatic carbocycles. The Balaban J connectivity index is 1.80. The average molecular weight is 299 g/mol. The molecule has 0 radical (unpaired) electrons. The topological polar surface area (TPSA) is 31.2 Å². The van der Waals surface area contributed by atoms with Gasteiger partial charge in [0.25, 0.3) is 0 Å². The summed E-state index contributed by atoms with van der Waals surface area (Å²) in [6.07, 6.45) is 4.98. The second kappa shape index (κ2) is 6.15. The van der Waals surface area contributed by atoms with Gasteiger partial charge in [-0.1, -0.05) is 45.4 Å². The number of ether oxygens (including phenoxy) is 1. The summed E-state index contributed by atoms with van der Waals surface area (Å²) in [7, 11) is 0. The molecule has 22 heavy (non-hydrogen) atoms. The zero-order valence-corrected chi connectivity index (χ0v) is 13.7. The number of aromatic nitrogens is 1. The van der Waals surface area contributed by atoms with Crippen molar-refractivity contribution in [2.45, 2.75) is 46.1 Å². The maximum Gasteiger partial charge on any atom is 0.418 e. The number of benzene rings is 1. The zero-order valence-electron chi connectivity index (χ0n) is 13.7. The van der Waals surface area contributed by atoms with Crippen LogP contribution in [0.3, 0.4) is 0 Å². The third-order valence-corrected chi connectivity index (χ3v) is 5.01. The molecule has 0 saturated heterocycles. The van der Waals surface area contributed by atoms with Crippen LogP contribution in [0.5, 0.6) is 0 Å². The molecule has 1 heterocycles. The van der Waals surface area contributed by atoms with Crippen molar-refractivity contribution in [3.63, 3.8) is 0 Å². The van der Waals surface area contributed by atoms with Gasteiger partial charge in [-0.05, 0) is 42.7 Å². The van der Waals surface area contributed by atoms with Gasteiger partial charge in [-0.2, -0.15) is 0 Å². The fraction of sp³-hybridized carbons (Fsp3) is 0.526. The predicted molar refractivity (Wildman–Crippen MR) is 88.9 cm³/mol. The van der Waals surface area contributed by atoms with Gasteiger partial charge in [0.05, 0.1) is 5.52 Å². The number of carbonyl (C=O) groups is 1. The molecule has 0 amide bonds. The summed E-state index contributed by atoms with van der Waals surface area (Å²) >= 11 is 0. The van der Waals surface area contributed by atoms with E-state index in [0.29, 0.717) is 17.8 Å².